The van der Waals surface area contributed by atoms with E-state index < -0.39 is 6.04 Å². The highest BCUT2D eigenvalue weighted by Gasteiger charge is 2.42. The molecule has 0 spiro atoms. The largest absolute Gasteiger partial charge is 0.497 e. The Morgan fingerprint density at radius 2 is 2.11 bits per heavy atom. The smallest absolute Gasteiger partial charge is 0.319 e. The Balaban J connectivity index is 1.66. The third-order valence-electron chi connectivity index (χ3n) is 5.22. The third kappa shape index (κ3) is 3.21. The Bertz CT molecular complexity index is 801. The average molecular weight is 373 g/mol. The van der Waals surface area contributed by atoms with Gasteiger partial charge in [-0.2, -0.15) is 0 Å². The van der Waals surface area contributed by atoms with E-state index in [1.54, 1.807) is 37.3 Å². The Hall–Kier alpha value is -2.74. The van der Waals surface area contributed by atoms with Crippen molar-refractivity contribution in [3.63, 3.8) is 0 Å². The van der Waals surface area contributed by atoms with Crippen LogP contribution < -0.4 is 20.1 Å². The van der Waals surface area contributed by atoms with Crippen LogP contribution in [0.1, 0.15) is 24.4 Å². The van der Waals surface area contributed by atoms with Crippen LogP contribution in [0.3, 0.4) is 0 Å². The number of rotatable bonds is 5. The fourth-order valence-corrected chi connectivity index (χ4v) is 3.91. The Kier molecular flexibility index (Phi) is 4.65. The predicted octanol–water partition coefficient (Wildman–Crippen LogP) is 1.33. The van der Waals surface area contributed by atoms with E-state index >= 15 is 0 Å². The molecular weight excluding hydrogens is 350 g/mol. The van der Waals surface area contributed by atoms with Crippen LogP contribution in [0, 0.1) is 0 Å². The zero-order valence-corrected chi connectivity index (χ0v) is 15.4. The number of urea groups is 1. The van der Waals surface area contributed by atoms with Gasteiger partial charge < -0.3 is 29.7 Å². The quantitative estimate of drug-likeness (QED) is 0.813. The molecule has 27 heavy (non-hydrogen) atoms. The van der Waals surface area contributed by atoms with E-state index in [1.807, 2.05) is 0 Å². The summed E-state index contributed by atoms with van der Waals surface area (Å²) in [6, 6.07) is 4.40. The van der Waals surface area contributed by atoms with Crippen LogP contribution in [0.4, 0.5) is 4.79 Å². The van der Waals surface area contributed by atoms with Crippen LogP contribution in [-0.4, -0.2) is 56.9 Å². The molecule has 1 aromatic carbocycles. The number of nitrogens with zero attached hydrogens (tertiary/aromatic N) is 1. The van der Waals surface area contributed by atoms with Crippen LogP contribution in [0.5, 0.6) is 11.5 Å². The van der Waals surface area contributed by atoms with Crippen LogP contribution in [-0.2, 0) is 9.53 Å². The molecule has 0 unspecified atom stereocenters. The monoisotopic (exact) mass is 373 g/mol. The standard InChI is InChI=1S/C19H23N3O5/c1-25-11-5-6-15(26-2)13(8-11)17-16-14(20-19(24)21-17)10-22(18(16)23)9-12-4-3-7-27-12/h5-6,8,12,17H,3-4,7,9-10H2,1-2H3,(H2,20,21,24)/t12-,17-/m1/s1. The zero-order valence-electron chi connectivity index (χ0n) is 15.4. The van der Waals surface area contributed by atoms with E-state index in [-0.39, 0.29) is 18.0 Å². The number of carbonyl (C=O) groups excluding carboxylic acids is 2. The zero-order chi connectivity index (χ0) is 19.0. The first-order valence-electron chi connectivity index (χ1n) is 9.04. The molecule has 8 heteroatoms. The Labute approximate surface area is 157 Å². The first kappa shape index (κ1) is 17.7. The van der Waals surface area contributed by atoms with Crippen molar-refractivity contribution in [1.29, 1.82) is 0 Å². The first-order chi connectivity index (χ1) is 13.1. The van der Waals surface area contributed by atoms with Crippen molar-refractivity contribution in [2.75, 3.05) is 33.9 Å². The minimum absolute atomic E-state index is 0.0590. The molecule has 2 N–H and O–H groups in total. The van der Waals surface area contributed by atoms with E-state index in [2.05, 4.69) is 10.6 Å². The van der Waals surface area contributed by atoms with Crippen molar-refractivity contribution in [3.8, 4) is 11.5 Å². The van der Waals surface area contributed by atoms with Crippen molar-refractivity contribution in [3.05, 3.63) is 35.0 Å². The fraction of sp³-hybridized carbons (Fsp3) is 0.474. The second-order valence-corrected chi connectivity index (χ2v) is 6.85. The normalized spacial score (nSPS) is 24.6. The molecule has 4 rings (SSSR count). The van der Waals surface area contributed by atoms with Gasteiger partial charge in [0.05, 0.1) is 44.2 Å². The summed E-state index contributed by atoms with van der Waals surface area (Å²) >= 11 is 0. The number of hydrogen-bond acceptors (Lipinski definition) is 5. The Morgan fingerprint density at radius 1 is 1.26 bits per heavy atom. The highest BCUT2D eigenvalue weighted by Crippen LogP contribution is 2.38. The van der Waals surface area contributed by atoms with Gasteiger partial charge in [-0.3, -0.25) is 4.79 Å². The Morgan fingerprint density at radius 3 is 2.81 bits per heavy atom. The lowest BCUT2D eigenvalue weighted by Gasteiger charge is -2.27. The second kappa shape index (κ2) is 7.11. The third-order valence-corrected chi connectivity index (χ3v) is 5.22. The maximum absolute atomic E-state index is 13.1. The van der Waals surface area contributed by atoms with Gasteiger partial charge in [-0.15, -0.1) is 0 Å². The lowest BCUT2D eigenvalue weighted by Crippen LogP contribution is -2.44. The van der Waals surface area contributed by atoms with Gasteiger partial charge >= 0.3 is 6.03 Å². The van der Waals surface area contributed by atoms with Crippen LogP contribution in [0.25, 0.3) is 0 Å². The maximum Gasteiger partial charge on any atom is 0.319 e. The number of benzene rings is 1. The lowest BCUT2D eigenvalue weighted by atomic mass is 9.95. The van der Waals surface area contributed by atoms with Gasteiger partial charge in [-0.25, -0.2) is 4.79 Å². The molecule has 1 aromatic rings. The van der Waals surface area contributed by atoms with Gasteiger partial charge in [0.25, 0.3) is 5.91 Å². The van der Waals surface area contributed by atoms with Gasteiger partial charge in [0, 0.05) is 18.7 Å². The number of methoxy groups -OCH3 is 2. The van der Waals surface area contributed by atoms with Gasteiger partial charge in [0.1, 0.15) is 11.5 Å². The highest BCUT2D eigenvalue weighted by atomic mass is 16.5. The predicted molar refractivity (Wildman–Crippen MR) is 96.5 cm³/mol. The lowest BCUT2D eigenvalue weighted by molar-refractivity contribution is -0.127. The molecular formula is C19H23N3O5. The number of amides is 3. The summed E-state index contributed by atoms with van der Waals surface area (Å²) in [5, 5.41) is 5.64. The van der Waals surface area contributed by atoms with E-state index in [1.165, 1.54) is 0 Å². The number of carbonyl (C=O) groups is 2. The maximum atomic E-state index is 13.1. The van der Waals surface area contributed by atoms with Crippen molar-refractivity contribution in [1.82, 2.24) is 15.5 Å². The van der Waals surface area contributed by atoms with Crippen molar-refractivity contribution >= 4 is 11.9 Å². The molecule has 3 heterocycles. The van der Waals surface area contributed by atoms with Crippen LogP contribution in [0.15, 0.2) is 29.5 Å². The molecule has 144 valence electrons. The van der Waals surface area contributed by atoms with E-state index in [9.17, 15) is 9.59 Å². The molecule has 0 saturated carbocycles. The summed E-state index contributed by atoms with van der Waals surface area (Å²) in [5.41, 5.74) is 1.86. The highest BCUT2D eigenvalue weighted by molar-refractivity contribution is 6.01. The molecule has 3 amide bonds. The molecule has 0 radical (unpaired) electrons. The first-order valence-corrected chi connectivity index (χ1v) is 9.04. The number of ether oxygens (including phenoxy) is 3. The van der Waals surface area contributed by atoms with Crippen molar-refractivity contribution < 1.29 is 23.8 Å². The second-order valence-electron chi connectivity index (χ2n) is 6.85. The summed E-state index contributed by atoms with van der Waals surface area (Å²) in [7, 11) is 3.13. The molecule has 1 saturated heterocycles. The van der Waals surface area contributed by atoms with Crippen molar-refractivity contribution in [2.24, 2.45) is 0 Å². The fourth-order valence-electron chi connectivity index (χ4n) is 3.91. The summed E-state index contributed by atoms with van der Waals surface area (Å²) < 4.78 is 16.4. The molecule has 3 aliphatic rings. The molecule has 0 aliphatic carbocycles. The van der Waals surface area contributed by atoms with Crippen molar-refractivity contribution in [2.45, 2.75) is 25.0 Å². The van der Waals surface area contributed by atoms with Crippen LogP contribution in [0.2, 0.25) is 0 Å². The number of hydrogen-bond donors (Lipinski definition) is 2. The number of nitrogens with one attached hydrogen (secondary N) is 2. The van der Waals surface area contributed by atoms with Gasteiger partial charge in [-0.05, 0) is 31.0 Å². The van der Waals surface area contributed by atoms with Gasteiger partial charge in [0.15, 0.2) is 0 Å². The summed E-state index contributed by atoms with van der Waals surface area (Å²) in [6.07, 6.45) is 2.03. The molecule has 3 aliphatic heterocycles. The SMILES string of the molecule is COc1ccc(OC)c([C@H]2NC(=O)NC3=C2C(=O)N(C[C@H]2CCCO2)C3)c1. The minimum atomic E-state index is -0.596. The molecule has 2 atom stereocenters. The minimum Gasteiger partial charge on any atom is -0.497 e. The van der Waals surface area contributed by atoms with E-state index in [0.29, 0.717) is 41.4 Å². The summed E-state index contributed by atoms with van der Waals surface area (Å²) in [6.45, 7) is 1.65. The van der Waals surface area contributed by atoms with E-state index in [4.69, 9.17) is 14.2 Å². The molecule has 0 bridgehead atoms. The van der Waals surface area contributed by atoms with Gasteiger partial charge in [0.2, 0.25) is 0 Å². The topological polar surface area (TPSA) is 89.1 Å². The summed E-state index contributed by atoms with van der Waals surface area (Å²) in [4.78, 5) is 27.1. The summed E-state index contributed by atoms with van der Waals surface area (Å²) in [5.74, 6) is 1.12. The molecule has 0 aromatic heterocycles. The molecule has 1 fully saturated rings. The molecule has 8 nitrogen and oxygen atoms in total. The van der Waals surface area contributed by atoms with E-state index in [0.717, 1.165) is 19.4 Å². The van der Waals surface area contributed by atoms with Gasteiger partial charge in [-0.1, -0.05) is 0 Å². The average Bonchev–Trinajstić information content (AvgIpc) is 3.29. The van der Waals surface area contributed by atoms with Crippen LogP contribution >= 0.6 is 0 Å².